The minimum absolute atomic E-state index is 0.0285. The predicted octanol–water partition coefficient (Wildman–Crippen LogP) is 11.9. The van der Waals surface area contributed by atoms with E-state index in [9.17, 15) is 0 Å². The number of aryl methyl sites for hydroxylation is 4. The fraction of sp³-hybridized carbons (Fsp3) is 0.467. The van der Waals surface area contributed by atoms with Gasteiger partial charge in [0.15, 0.2) is 0 Å². The van der Waals surface area contributed by atoms with Crippen LogP contribution in [0.1, 0.15) is 111 Å². The maximum atomic E-state index is 2.64. The molecule has 0 amide bonds. The molecule has 1 fully saturated rings. The van der Waals surface area contributed by atoms with Gasteiger partial charge in [-0.1, -0.05) is 115 Å². The van der Waals surface area contributed by atoms with Crippen LogP contribution in [0.5, 0.6) is 0 Å². The van der Waals surface area contributed by atoms with Gasteiger partial charge in [-0.15, -0.1) is 0 Å². The van der Waals surface area contributed by atoms with Crippen molar-refractivity contribution in [2.45, 2.75) is 100 Å². The summed E-state index contributed by atoms with van der Waals surface area (Å²) in [6.45, 7) is 29.4. The monoisotopic (exact) mass is 592 g/mol. The smallest absolute Gasteiger partial charge is 0.0288 e. The lowest BCUT2D eigenvalue weighted by molar-refractivity contribution is -0.105. The first-order valence-electron chi connectivity index (χ1n) is 17.8. The largest absolute Gasteiger partial charge is 0.0625 e. The highest BCUT2D eigenvalue weighted by molar-refractivity contribution is 6.10. The molecule has 2 unspecified atom stereocenters. The van der Waals surface area contributed by atoms with Crippen molar-refractivity contribution in [2.24, 2.45) is 35.5 Å². The van der Waals surface area contributed by atoms with Gasteiger partial charge >= 0.3 is 0 Å². The Kier molecular flexibility index (Phi) is 6.02. The first-order valence-corrected chi connectivity index (χ1v) is 17.8. The highest BCUT2D eigenvalue weighted by Crippen LogP contribution is 2.74. The molecule has 4 aliphatic carbocycles. The van der Waals surface area contributed by atoms with Gasteiger partial charge in [0.1, 0.15) is 0 Å². The van der Waals surface area contributed by atoms with Crippen LogP contribution >= 0.6 is 0 Å². The molecule has 2 atom stereocenters. The van der Waals surface area contributed by atoms with E-state index in [0.29, 0.717) is 35.5 Å². The molecular formula is C45H52. The third-order valence-corrected chi connectivity index (χ3v) is 13.0. The fourth-order valence-corrected chi connectivity index (χ4v) is 12.1. The van der Waals surface area contributed by atoms with Crippen LogP contribution in [0.3, 0.4) is 0 Å². The molecule has 0 radical (unpaired) electrons. The summed E-state index contributed by atoms with van der Waals surface area (Å²) >= 11 is 0. The molecule has 8 rings (SSSR count). The first-order chi connectivity index (χ1) is 21.2. The quantitative estimate of drug-likeness (QED) is 0.222. The number of hydrogen-bond donors (Lipinski definition) is 0. The van der Waals surface area contributed by atoms with E-state index >= 15 is 0 Å². The van der Waals surface area contributed by atoms with Gasteiger partial charge in [-0.3, -0.25) is 0 Å². The van der Waals surface area contributed by atoms with Gasteiger partial charge in [0, 0.05) is 10.8 Å². The van der Waals surface area contributed by atoms with E-state index < -0.39 is 0 Å². The van der Waals surface area contributed by atoms with Crippen LogP contribution in [0.15, 0.2) is 48.5 Å². The maximum Gasteiger partial charge on any atom is 0.0288 e. The standard InChI is InChI=1S/C45H52/c1-22(2)36-39(23(3)4)45(40(36)24(5)6)35-16-15-30-32-21-29-14-13-25(7)18-31(29)41(32)44(11,12)43(30)38(35)34-20-28(10)37-27(9)17-26(8)19-33(37)42(34)45/h13-20,22-24,36,39-40H,21H2,1-12H3. The lowest BCUT2D eigenvalue weighted by Gasteiger charge is -2.66. The number of benzene rings is 4. The predicted molar refractivity (Wildman–Crippen MR) is 194 cm³/mol. The van der Waals surface area contributed by atoms with Gasteiger partial charge in [-0.05, 0) is 147 Å². The van der Waals surface area contributed by atoms with Crippen LogP contribution in [0, 0.1) is 63.2 Å². The van der Waals surface area contributed by atoms with Crippen molar-refractivity contribution in [3.8, 4) is 11.1 Å². The minimum Gasteiger partial charge on any atom is -0.0625 e. The first kappa shape index (κ1) is 29.3. The van der Waals surface area contributed by atoms with Crippen LogP contribution in [-0.4, -0.2) is 0 Å². The van der Waals surface area contributed by atoms with Crippen LogP contribution in [-0.2, 0) is 17.3 Å². The number of rotatable bonds is 3. The number of fused-ring (bicyclic) bond motifs is 12. The zero-order chi connectivity index (χ0) is 32.1. The second-order valence-corrected chi connectivity index (χ2v) is 17.1. The molecule has 45 heavy (non-hydrogen) atoms. The Balaban J connectivity index is 1.52. The molecule has 1 spiro atoms. The summed E-state index contributed by atoms with van der Waals surface area (Å²) in [7, 11) is 0. The van der Waals surface area contributed by atoms with Gasteiger partial charge in [0.25, 0.3) is 0 Å². The minimum atomic E-state index is -0.0505. The van der Waals surface area contributed by atoms with Crippen molar-refractivity contribution in [3.63, 3.8) is 0 Å². The Morgan fingerprint density at radius 1 is 0.644 bits per heavy atom. The summed E-state index contributed by atoms with van der Waals surface area (Å²) in [6, 6.07) is 20.0. The summed E-state index contributed by atoms with van der Waals surface area (Å²) in [6.07, 6.45) is 1.06. The zero-order valence-electron chi connectivity index (χ0n) is 29.8. The van der Waals surface area contributed by atoms with Gasteiger partial charge in [-0.25, -0.2) is 0 Å². The third-order valence-electron chi connectivity index (χ3n) is 13.0. The Bertz CT molecular complexity index is 1970. The molecule has 232 valence electrons. The second kappa shape index (κ2) is 9.24. The fourth-order valence-electron chi connectivity index (χ4n) is 12.1. The Hall–Kier alpha value is -3.12. The number of hydrogen-bond acceptors (Lipinski definition) is 0. The molecule has 0 heterocycles. The van der Waals surface area contributed by atoms with Crippen LogP contribution in [0.25, 0.3) is 33.0 Å². The molecule has 0 bridgehead atoms. The van der Waals surface area contributed by atoms with Crippen LogP contribution < -0.4 is 0 Å². The van der Waals surface area contributed by atoms with Crippen LogP contribution in [0.4, 0.5) is 0 Å². The molecule has 0 saturated heterocycles. The zero-order valence-corrected chi connectivity index (χ0v) is 29.8. The highest BCUT2D eigenvalue weighted by atomic mass is 14.7. The van der Waals surface area contributed by atoms with Crippen molar-refractivity contribution in [2.75, 3.05) is 0 Å². The van der Waals surface area contributed by atoms with Crippen molar-refractivity contribution in [3.05, 3.63) is 104 Å². The van der Waals surface area contributed by atoms with E-state index in [1.165, 1.54) is 49.7 Å². The van der Waals surface area contributed by atoms with E-state index in [-0.39, 0.29) is 10.8 Å². The molecule has 4 aromatic rings. The summed E-state index contributed by atoms with van der Waals surface area (Å²) in [5.41, 5.74) is 21.4. The molecular weight excluding hydrogens is 540 g/mol. The van der Waals surface area contributed by atoms with Gasteiger partial charge < -0.3 is 0 Å². The van der Waals surface area contributed by atoms with Crippen LogP contribution in [0.2, 0.25) is 0 Å². The molecule has 0 N–H and O–H groups in total. The van der Waals surface area contributed by atoms with E-state index in [2.05, 4.69) is 132 Å². The number of allylic oxidation sites excluding steroid dienone is 2. The summed E-state index contributed by atoms with van der Waals surface area (Å²) < 4.78 is 0. The molecule has 4 aromatic carbocycles. The van der Waals surface area contributed by atoms with Gasteiger partial charge in [-0.2, -0.15) is 0 Å². The summed E-state index contributed by atoms with van der Waals surface area (Å²) in [4.78, 5) is 0. The third kappa shape index (κ3) is 3.40. The van der Waals surface area contributed by atoms with E-state index in [0.717, 1.165) is 6.42 Å². The second-order valence-electron chi connectivity index (χ2n) is 17.1. The van der Waals surface area contributed by atoms with Crippen molar-refractivity contribution in [1.29, 1.82) is 0 Å². The normalized spacial score (nSPS) is 25.4. The Morgan fingerprint density at radius 3 is 1.96 bits per heavy atom. The maximum absolute atomic E-state index is 2.64. The Morgan fingerprint density at radius 2 is 1.31 bits per heavy atom. The molecule has 0 aromatic heterocycles. The van der Waals surface area contributed by atoms with E-state index in [4.69, 9.17) is 0 Å². The summed E-state index contributed by atoms with van der Waals surface area (Å²) in [5.74, 6) is 3.81. The van der Waals surface area contributed by atoms with Gasteiger partial charge in [0.2, 0.25) is 0 Å². The van der Waals surface area contributed by atoms with Crippen molar-refractivity contribution in [1.82, 2.24) is 0 Å². The van der Waals surface area contributed by atoms with E-state index in [1.807, 2.05) is 0 Å². The molecule has 0 heteroatoms. The topological polar surface area (TPSA) is 0 Å². The lowest BCUT2D eigenvalue weighted by Crippen LogP contribution is -2.64. The highest BCUT2D eigenvalue weighted by Gasteiger charge is 2.69. The molecule has 0 aliphatic heterocycles. The lowest BCUT2D eigenvalue weighted by atomic mass is 9.37. The average molecular weight is 593 g/mol. The van der Waals surface area contributed by atoms with Crippen molar-refractivity contribution < 1.29 is 0 Å². The molecule has 1 saturated carbocycles. The van der Waals surface area contributed by atoms with Crippen molar-refractivity contribution >= 4 is 21.9 Å². The summed E-state index contributed by atoms with van der Waals surface area (Å²) in [5, 5.41) is 3.02. The molecule has 0 nitrogen and oxygen atoms in total. The SMILES string of the molecule is Cc1ccc2c(c1)C1=C(C2)c2ccc3c(c2C1(C)C)-c1cc(C)c2c(C)cc(C)cc2c1C31C(C(C)C)C(C(C)C)C1C(C)C. The average Bonchev–Trinajstić information content (AvgIpc) is 3.52. The van der Waals surface area contributed by atoms with Gasteiger partial charge in [0.05, 0.1) is 0 Å². The molecule has 4 aliphatic rings. The Labute approximate surface area is 272 Å². The van der Waals surface area contributed by atoms with E-state index in [1.54, 1.807) is 39.0 Å².